The average Bonchev–Trinajstić information content (AvgIpc) is 3.57. The monoisotopic (exact) mass is 539 g/mol. The zero-order valence-corrected chi connectivity index (χ0v) is 22.6. The summed E-state index contributed by atoms with van der Waals surface area (Å²) in [5, 5.41) is 14.2. The number of carbonyl (C=O) groups is 2. The van der Waals surface area contributed by atoms with E-state index in [0.29, 0.717) is 21.2 Å². The standard InChI is InChI=1S/C28H30FN3O3S2/c1-16-3-5-17(6-4-16)21-13-32(2)10-9-19(21)20-12-25(37-26(20)28(34)35)18-7-8-23(22(29)11-18)31-27(33)24-14-36-15-30-24/h7-8,11-12,14-17H,3-6,9-10,13H2,1-2H3,(H,31,33)(H,34,35). The first-order valence-electron chi connectivity index (χ1n) is 12.6. The van der Waals surface area contributed by atoms with Crippen molar-refractivity contribution in [3.8, 4) is 10.4 Å². The number of aromatic carboxylic acids is 1. The van der Waals surface area contributed by atoms with E-state index in [-0.39, 0.29) is 11.4 Å². The number of carboxylic acids is 1. The van der Waals surface area contributed by atoms with Crippen molar-refractivity contribution in [1.82, 2.24) is 9.88 Å². The Labute approximate surface area is 223 Å². The summed E-state index contributed by atoms with van der Waals surface area (Å²) in [7, 11) is 2.12. The van der Waals surface area contributed by atoms with Gasteiger partial charge in [-0.1, -0.05) is 25.8 Å². The summed E-state index contributed by atoms with van der Waals surface area (Å²) in [6.07, 6.45) is 5.51. The second-order valence-corrected chi connectivity index (χ2v) is 11.9. The summed E-state index contributed by atoms with van der Waals surface area (Å²) in [5.74, 6) is -0.784. The van der Waals surface area contributed by atoms with Crippen molar-refractivity contribution in [2.24, 2.45) is 11.8 Å². The van der Waals surface area contributed by atoms with Crippen molar-refractivity contribution in [3.63, 3.8) is 0 Å². The highest BCUT2D eigenvalue weighted by atomic mass is 32.1. The molecular formula is C28H30FN3O3S2. The molecule has 0 spiro atoms. The van der Waals surface area contributed by atoms with Crippen LogP contribution in [0.5, 0.6) is 0 Å². The molecule has 2 aromatic heterocycles. The molecule has 0 saturated heterocycles. The molecule has 0 atom stereocenters. The van der Waals surface area contributed by atoms with Gasteiger partial charge in [0.2, 0.25) is 0 Å². The van der Waals surface area contributed by atoms with Crippen LogP contribution in [0.4, 0.5) is 10.1 Å². The van der Waals surface area contributed by atoms with Crippen LogP contribution in [0.3, 0.4) is 0 Å². The molecule has 3 aromatic rings. The summed E-state index contributed by atoms with van der Waals surface area (Å²) in [5.41, 5.74) is 5.73. The number of carbonyl (C=O) groups excluding carboxylic acids is 1. The Bertz CT molecular complexity index is 1340. The third-order valence-electron chi connectivity index (χ3n) is 7.50. The first-order chi connectivity index (χ1) is 17.8. The van der Waals surface area contributed by atoms with E-state index < -0.39 is 17.7 Å². The van der Waals surface area contributed by atoms with E-state index in [0.717, 1.165) is 49.4 Å². The van der Waals surface area contributed by atoms with Gasteiger partial charge >= 0.3 is 5.97 Å². The lowest BCUT2D eigenvalue weighted by Crippen LogP contribution is -2.31. The fourth-order valence-electron chi connectivity index (χ4n) is 5.42. The molecule has 1 aliphatic carbocycles. The van der Waals surface area contributed by atoms with Gasteiger partial charge in [0.25, 0.3) is 5.91 Å². The van der Waals surface area contributed by atoms with E-state index in [2.05, 4.69) is 29.2 Å². The summed E-state index contributed by atoms with van der Waals surface area (Å²) < 4.78 is 15.0. The van der Waals surface area contributed by atoms with Gasteiger partial charge in [0.15, 0.2) is 0 Å². The minimum absolute atomic E-state index is 0.0591. The highest BCUT2D eigenvalue weighted by Crippen LogP contribution is 2.43. The average molecular weight is 540 g/mol. The van der Waals surface area contributed by atoms with Crippen LogP contribution in [0.25, 0.3) is 16.0 Å². The van der Waals surface area contributed by atoms with Gasteiger partial charge in [-0.25, -0.2) is 14.2 Å². The topological polar surface area (TPSA) is 82.5 Å². The predicted octanol–water partition coefficient (Wildman–Crippen LogP) is 6.88. The van der Waals surface area contributed by atoms with Crippen LogP contribution in [0.2, 0.25) is 0 Å². The molecule has 1 aliphatic heterocycles. The van der Waals surface area contributed by atoms with Gasteiger partial charge in [-0.2, -0.15) is 0 Å². The van der Waals surface area contributed by atoms with Crippen molar-refractivity contribution in [3.05, 3.63) is 62.7 Å². The van der Waals surface area contributed by atoms with Gasteiger partial charge in [-0.05, 0) is 73.1 Å². The molecule has 0 unspecified atom stereocenters. The number of thiazole rings is 1. The number of amides is 1. The fourth-order valence-corrected chi connectivity index (χ4v) is 6.97. The molecule has 194 valence electrons. The number of halogens is 1. The Morgan fingerprint density at radius 1 is 1.19 bits per heavy atom. The van der Waals surface area contributed by atoms with E-state index in [1.54, 1.807) is 17.0 Å². The van der Waals surface area contributed by atoms with Crippen molar-refractivity contribution >= 4 is 45.8 Å². The van der Waals surface area contributed by atoms with Gasteiger partial charge in [0.1, 0.15) is 16.4 Å². The smallest absolute Gasteiger partial charge is 0.346 e. The molecule has 1 fully saturated rings. The number of anilines is 1. The molecule has 1 saturated carbocycles. The maximum absolute atomic E-state index is 15.0. The number of likely N-dealkylation sites (N-methyl/N-ethyl adjacent to an activating group) is 1. The van der Waals surface area contributed by atoms with Crippen LogP contribution < -0.4 is 5.32 Å². The Morgan fingerprint density at radius 2 is 1.97 bits per heavy atom. The van der Waals surface area contributed by atoms with Crippen LogP contribution >= 0.6 is 22.7 Å². The Hall–Kier alpha value is -2.88. The van der Waals surface area contributed by atoms with Crippen LogP contribution in [0, 0.1) is 17.7 Å². The molecule has 2 aliphatic rings. The zero-order valence-electron chi connectivity index (χ0n) is 20.9. The summed E-state index contributed by atoms with van der Waals surface area (Å²) >= 11 is 2.47. The number of hydrogen-bond acceptors (Lipinski definition) is 6. The molecule has 1 amide bonds. The Morgan fingerprint density at radius 3 is 2.65 bits per heavy atom. The molecule has 0 bridgehead atoms. The predicted molar refractivity (Wildman–Crippen MR) is 147 cm³/mol. The quantitative estimate of drug-likeness (QED) is 0.357. The lowest BCUT2D eigenvalue weighted by atomic mass is 9.75. The molecular weight excluding hydrogens is 509 g/mol. The van der Waals surface area contributed by atoms with Gasteiger partial charge in [0, 0.05) is 28.9 Å². The molecule has 3 heterocycles. The van der Waals surface area contributed by atoms with Gasteiger partial charge in [-0.3, -0.25) is 4.79 Å². The summed E-state index contributed by atoms with van der Waals surface area (Å²) in [6, 6.07) is 6.50. The maximum Gasteiger partial charge on any atom is 0.346 e. The van der Waals surface area contributed by atoms with Gasteiger partial charge in [0.05, 0.1) is 11.2 Å². The molecule has 9 heteroatoms. The van der Waals surface area contributed by atoms with E-state index >= 15 is 0 Å². The lowest BCUT2D eigenvalue weighted by molar-refractivity contribution is 0.0701. The highest BCUT2D eigenvalue weighted by molar-refractivity contribution is 7.17. The molecule has 1 aromatic carbocycles. The minimum atomic E-state index is -0.957. The van der Waals surface area contributed by atoms with Crippen molar-refractivity contribution in [2.75, 3.05) is 25.5 Å². The molecule has 5 rings (SSSR count). The number of nitrogens with zero attached hydrogens (tertiary/aromatic N) is 2. The third kappa shape index (κ3) is 5.54. The number of aromatic nitrogens is 1. The highest BCUT2D eigenvalue weighted by Gasteiger charge is 2.30. The van der Waals surface area contributed by atoms with Crippen molar-refractivity contribution < 1.29 is 19.1 Å². The lowest BCUT2D eigenvalue weighted by Gasteiger charge is -2.35. The van der Waals surface area contributed by atoms with Crippen LogP contribution in [0.15, 0.2) is 40.7 Å². The van der Waals surface area contributed by atoms with Crippen molar-refractivity contribution in [2.45, 2.75) is 39.0 Å². The molecule has 2 N–H and O–H groups in total. The van der Waals surface area contributed by atoms with Crippen LogP contribution in [-0.2, 0) is 0 Å². The molecule has 0 radical (unpaired) electrons. The normalized spacial score (nSPS) is 20.7. The second-order valence-electron chi connectivity index (χ2n) is 10.1. The first kappa shape index (κ1) is 25.8. The first-order valence-corrected chi connectivity index (χ1v) is 14.3. The van der Waals surface area contributed by atoms with E-state index in [9.17, 15) is 19.1 Å². The minimum Gasteiger partial charge on any atom is -0.477 e. The van der Waals surface area contributed by atoms with Crippen LogP contribution in [0.1, 0.15) is 64.8 Å². The van der Waals surface area contributed by atoms with Gasteiger partial charge < -0.3 is 15.3 Å². The summed E-state index contributed by atoms with van der Waals surface area (Å²) in [4.78, 5) is 31.9. The Kier molecular flexibility index (Phi) is 7.55. The SMILES string of the molecule is CC1CCC(C2=C(c3cc(-c4ccc(NC(=O)c5cscn5)c(F)c4)sc3C(=O)O)CCN(C)C2)CC1. The largest absolute Gasteiger partial charge is 0.477 e. The number of carboxylic acid groups (broad SMARTS) is 1. The van der Waals surface area contributed by atoms with E-state index in [1.807, 2.05) is 6.07 Å². The number of nitrogens with one attached hydrogen (secondary N) is 1. The number of rotatable bonds is 6. The summed E-state index contributed by atoms with van der Waals surface area (Å²) in [6.45, 7) is 4.05. The number of benzene rings is 1. The molecule has 6 nitrogen and oxygen atoms in total. The van der Waals surface area contributed by atoms with Crippen molar-refractivity contribution in [1.29, 1.82) is 0 Å². The van der Waals surface area contributed by atoms with Crippen LogP contribution in [-0.4, -0.2) is 47.0 Å². The van der Waals surface area contributed by atoms with E-state index in [1.165, 1.54) is 53.2 Å². The molecule has 37 heavy (non-hydrogen) atoms. The second kappa shape index (κ2) is 10.8. The van der Waals surface area contributed by atoms with Gasteiger partial charge in [-0.15, -0.1) is 22.7 Å². The maximum atomic E-state index is 15.0. The number of hydrogen-bond donors (Lipinski definition) is 2. The third-order valence-corrected chi connectivity index (χ3v) is 9.26. The zero-order chi connectivity index (χ0) is 26.1. The number of thiophene rings is 1. The van der Waals surface area contributed by atoms with E-state index in [4.69, 9.17) is 0 Å². The fraction of sp³-hybridized carbons (Fsp3) is 0.393. The Balaban J connectivity index is 1.48.